The van der Waals surface area contributed by atoms with Crippen LogP contribution in [0.3, 0.4) is 0 Å². The van der Waals surface area contributed by atoms with Gasteiger partial charge in [-0.15, -0.1) is 0 Å². The zero-order valence-electron chi connectivity index (χ0n) is 7.38. The van der Waals surface area contributed by atoms with Crippen molar-refractivity contribution in [3.63, 3.8) is 0 Å². The molecule has 0 radical (unpaired) electrons. The molecule has 0 bridgehead atoms. The van der Waals surface area contributed by atoms with Gasteiger partial charge in [0.05, 0.1) is 11.3 Å². The van der Waals surface area contributed by atoms with Crippen LogP contribution in [0.25, 0.3) is 11.1 Å². The predicted octanol–water partition coefficient (Wildman–Crippen LogP) is 1.84. The SMILES string of the molecule is Nc1c(-c2cc(Cl)ccc2Cl)c(=O)c1=O. The number of hydrogen-bond acceptors (Lipinski definition) is 3. The molecule has 0 saturated carbocycles. The minimum Gasteiger partial charge on any atom is -0.395 e. The van der Waals surface area contributed by atoms with Gasteiger partial charge < -0.3 is 5.73 Å². The van der Waals surface area contributed by atoms with Crippen LogP contribution in [0, 0.1) is 0 Å². The Balaban J connectivity index is 2.71. The Morgan fingerprint density at radius 2 is 1.73 bits per heavy atom. The molecule has 0 heterocycles. The summed E-state index contributed by atoms with van der Waals surface area (Å²) in [5, 5.41) is 0.778. The maximum Gasteiger partial charge on any atom is 0.249 e. The third-order valence-corrected chi connectivity index (χ3v) is 2.71. The summed E-state index contributed by atoms with van der Waals surface area (Å²) >= 11 is 11.6. The van der Waals surface area contributed by atoms with Crippen LogP contribution < -0.4 is 16.6 Å². The molecule has 0 spiro atoms. The van der Waals surface area contributed by atoms with Crippen LogP contribution >= 0.6 is 23.2 Å². The van der Waals surface area contributed by atoms with Gasteiger partial charge in [-0.05, 0) is 18.2 Å². The van der Waals surface area contributed by atoms with Crippen molar-refractivity contribution >= 4 is 28.9 Å². The molecule has 76 valence electrons. The van der Waals surface area contributed by atoms with Crippen molar-refractivity contribution in [3.8, 4) is 11.1 Å². The van der Waals surface area contributed by atoms with E-state index < -0.39 is 10.9 Å². The molecule has 5 heteroatoms. The fourth-order valence-corrected chi connectivity index (χ4v) is 1.75. The number of nitrogen functional groups attached to an aromatic ring is 1. The van der Waals surface area contributed by atoms with Crippen LogP contribution in [0.2, 0.25) is 10.0 Å². The topological polar surface area (TPSA) is 60.2 Å². The Bertz CT molecular complexity index is 612. The molecule has 3 nitrogen and oxygen atoms in total. The standard InChI is InChI=1S/C10H5Cl2NO2/c11-4-1-2-6(12)5(3-4)7-8(13)10(15)9(7)14/h1-3H,13H2. The second-order valence-electron chi connectivity index (χ2n) is 3.07. The maximum atomic E-state index is 11.2. The molecule has 0 aromatic heterocycles. The lowest BCUT2D eigenvalue weighted by Gasteiger charge is -2.08. The van der Waals surface area contributed by atoms with Gasteiger partial charge in [0.15, 0.2) is 0 Å². The quantitative estimate of drug-likeness (QED) is 0.776. The Kier molecular flexibility index (Phi) is 2.29. The van der Waals surface area contributed by atoms with E-state index in [0.29, 0.717) is 15.6 Å². The van der Waals surface area contributed by atoms with Gasteiger partial charge in [-0.3, -0.25) is 9.59 Å². The highest BCUT2D eigenvalue weighted by atomic mass is 35.5. The number of rotatable bonds is 1. The first kappa shape index (κ1) is 10.2. The van der Waals surface area contributed by atoms with Crippen LogP contribution in [0.1, 0.15) is 0 Å². The Morgan fingerprint density at radius 3 is 2.33 bits per heavy atom. The molecular formula is C10H5Cl2NO2. The molecule has 2 N–H and O–H groups in total. The average Bonchev–Trinajstić information content (AvgIpc) is 2.23. The van der Waals surface area contributed by atoms with Gasteiger partial charge in [-0.25, -0.2) is 0 Å². The highest BCUT2D eigenvalue weighted by molar-refractivity contribution is 6.35. The lowest BCUT2D eigenvalue weighted by molar-refractivity contribution is 1.41. The number of anilines is 1. The first-order valence-corrected chi connectivity index (χ1v) is 4.82. The van der Waals surface area contributed by atoms with E-state index in [1.807, 2.05) is 0 Å². The van der Waals surface area contributed by atoms with Crippen LogP contribution in [0.5, 0.6) is 0 Å². The average molecular weight is 242 g/mol. The molecule has 2 aromatic rings. The lowest BCUT2D eigenvalue weighted by Crippen LogP contribution is -2.35. The highest BCUT2D eigenvalue weighted by Crippen LogP contribution is 2.31. The van der Waals surface area contributed by atoms with Crippen LogP contribution in [0.15, 0.2) is 27.8 Å². The summed E-state index contributed by atoms with van der Waals surface area (Å²) in [6.45, 7) is 0. The zero-order chi connectivity index (χ0) is 11.2. The van der Waals surface area contributed by atoms with Crippen molar-refractivity contribution in [2.24, 2.45) is 0 Å². The summed E-state index contributed by atoms with van der Waals surface area (Å²) in [5.74, 6) is 0. The maximum absolute atomic E-state index is 11.2. The predicted molar refractivity (Wildman–Crippen MR) is 61.2 cm³/mol. The molecule has 0 aliphatic heterocycles. The van der Waals surface area contributed by atoms with Crippen molar-refractivity contribution in [2.75, 3.05) is 5.73 Å². The van der Waals surface area contributed by atoms with Gasteiger partial charge in [0.25, 0.3) is 0 Å². The van der Waals surface area contributed by atoms with Crippen LogP contribution in [0.4, 0.5) is 5.69 Å². The largest absolute Gasteiger partial charge is 0.395 e. The van der Waals surface area contributed by atoms with E-state index >= 15 is 0 Å². The van der Waals surface area contributed by atoms with Crippen molar-refractivity contribution in [1.29, 1.82) is 0 Å². The monoisotopic (exact) mass is 241 g/mol. The summed E-state index contributed by atoms with van der Waals surface area (Å²) in [6, 6.07) is 4.65. The number of hydrogen-bond donors (Lipinski definition) is 1. The first-order valence-electron chi connectivity index (χ1n) is 4.06. The molecule has 0 unspecified atom stereocenters. The van der Waals surface area contributed by atoms with Gasteiger partial charge in [0.1, 0.15) is 0 Å². The van der Waals surface area contributed by atoms with Crippen molar-refractivity contribution in [1.82, 2.24) is 0 Å². The van der Waals surface area contributed by atoms with Crippen LogP contribution in [-0.4, -0.2) is 0 Å². The third-order valence-electron chi connectivity index (χ3n) is 2.14. The van der Waals surface area contributed by atoms with Crippen molar-refractivity contribution in [3.05, 3.63) is 48.7 Å². The van der Waals surface area contributed by atoms with E-state index in [1.54, 1.807) is 12.1 Å². The fraction of sp³-hybridized carbons (Fsp3) is 0. The van der Waals surface area contributed by atoms with E-state index in [1.165, 1.54) is 6.07 Å². The number of benzene rings is 1. The normalized spacial score (nSPS) is 10.8. The smallest absolute Gasteiger partial charge is 0.249 e. The molecule has 2 aromatic carbocycles. The minimum absolute atomic E-state index is 0.0517. The second kappa shape index (κ2) is 3.36. The number of nitrogens with two attached hydrogens (primary N) is 1. The Hall–Kier alpha value is -1.32. The van der Waals surface area contributed by atoms with Gasteiger partial charge in [-0.2, -0.15) is 0 Å². The van der Waals surface area contributed by atoms with E-state index in [0.717, 1.165) is 0 Å². The molecular weight excluding hydrogens is 237 g/mol. The molecule has 0 aliphatic rings. The zero-order valence-corrected chi connectivity index (χ0v) is 8.89. The molecule has 0 fully saturated rings. The van der Waals surface area contributed by atoms with Crippen LogP contribution in [-0.2, 0) is 0 Å². The van der Waals surface area contributed by atoms with Gasteiger partial charge >= 0.3 is 0 Å². The Labute approximate surface area is 94.7 Å². The first-order chi connectivity index (χ1) is 7.02. The molecule has 0 aliphatic carbocycles. The lowest BCUT2D eigenvalue weighted by atomic mass is 9.99. The summed E-state index contributed by atoms with van der Waals surface area (Å²) < 4.78 is 0. The molecule has 0 saturated heterocycles. The molecule has 0 atom stereocenters. The molecule has 0 amide bonds. The van der Waals surface area contributed by atoms with Crippen molar-refractivity contribution in [2.45, 2.75) is 0 Å². The number of halogens is 2. The summed E-state index contributed by atoms with van der Waals surface area (Å²) in [7, 11) is 0. The van der Waals surface area contributed by atoms with E-state index in [2.05, 4.69) is 0 Å². The van der Waals surface area contributed by atoms with Crippen molar-refractivity contribution < 1.29 is 0 Å². The van der Waals surface area contributed by atoms with Gasteiger partial charge in [-0.1, -0.05) is 23.2 Å². The highest BCUT2D eigenvalue weighted by Gasteiger charge is 2.21. The Morgan fingerprint density at radius 1 is 1.07 bits per heavy atom. The van der Waals surface area contributed by atoms with E-state index in [4.69, 9.17) is 28.9 Å². The van der Waals surface area contributed by atoms with Gasteiger partial charge in [0.2, 0.25) is 10.9 Å². The minimum atomic E-state index is -0.666. The third kappa shape index (κ3) is 1.44. The molecule has 15 heavy (non-hydrogen) atoms. The molecule has 2 rings (SSSR count). The van der Waals surface area contributed by atoms with E-state index in [9.17, 15) is 9.59 Å². The second-order valence-corrected chi connectivity index (χ2v) is 3.91. The summed E-state index contributed by atoms with van der Waals surface area (Å²) in [5.41, 5.74) is 4.65. The van der Waals surface area contributed by atoms with Gasteiger partial charge in [0, 0.05) is 15.6 Å². The summed E-state index contributed by atoms with van der Waals surface area (Å²) in [4.78, 5) is 22.2. The van der Waals surface area contributed by atoms with E-state index in [-0.39, 0.29) is 11.3 Å². The summed E-state index contributed by atoms with van der Waals surface area (Å²) in [6.07, 6.45) is 0. The fourth-order valence-electron chi connectivity index (χ4n) is 1.37.